The van der Waals surface area contributed by atoms with Crippen molar-refractivity contribution in [3.05, 3.63) is 28.2 Å². The monoisotopic (exact) mass is 273 g/mol. The number of aliphatic hydroxyl groups excluding tert-OH is 1. The van der Waals surface area contributed by atoms with E-state index in [0.717, 1.165) is 15.8 Å². The Morgan fingerprint density at radius 3 is 2.87 bits per heavy atom. The van der Waals surface area contributed by atoms with Crippen LogP contribution in [0, 0.1) is 0 Å². The second-order valence-corrected chi connectivity index (χ2v) is 4.34. The summed E-state index contributed by atoms with van der Waals surface area (Å²) in [6.45, 7) is 2.76. The Balaban J connectivity index is 2.69. The zero-order valence-electron chi connectivity index (χ0n) is 8.96. The average molecular weight is 274 g/mol. The highest BCUT2D eigenvalue weighted by molar-refractivity contribution is 9.10. The highest BCUT2D eigenvalue weighted by atomic mass is 79.9. The van der Waals surface area contributed by atoms with Crippen molar-refractivity contribution in [1.29, 1.82) is 0 Å². The fraction of sp³-hybridized carbons (Fsp3) is 0.455. The van der Waals surface area contributed by atoms with Crippen molar-refractivity contribution in [1.82, 2.24) is 5.32 Å². The summed E-state index contributed by atoms with van der Waals surface area (Å²) in [7, 11) is 1.65. The van der Waals surface area contributed by atoms with Crippen molar-refractivity contribution in [2.75, 3.05) is 13.7 Å². The lowest BCUT2D eigenvalue weighted by Gasteiger charge is -2.13. The van der Waals surface area contributed by atoms with Gasteiger partial charge in [0, 0.05) is 22.6 Å². The Kier molecular flexibility index (Phi) is 5.08. The molecule has 0 aromatic heterocycles. The van der Waals surface area contributed by atoms with Gasteiger partial charge in [0.2, 0.25) is 0 Å². The average Bonchev–Trinajstić information content (AvgIpc) is 2.26. The zero-order valence-corrected chi connectivity index (χ0v) is 10.5. The molecule has 1 aromatic rings. The van der Waals surface area contributed by atoms with E-state index in [1.165, 1.54) is 0 Å². The predicted octanol–water partition coefficient (Wildman–Crippen LogP) is 1.93. The van der Waals surface area contributed by atoms with Gasteiger partial charge in [-0.05, 0) is 25.1 Å². The molecule has 4 heteroatoms. The Bertz CT molecular complexity index is 317. The summed E-state index contributed by atoms with van der Waals surface area (Å²) in [5, 5.41) is 12.1. The minimum atomic E-state index is 0.0914. The van der Waals surface area contributed by atoms with Crippen molar-refractivity contribution in [2.45, 2.75) is 19.5 Å². The molecule has 0 radical (unpaired) electrons. The Morgan fingerprint density at radius 2 is 2.27 bits per heavy atom. The van der Waals surface area contributed by atoms with E-state index in [0.29, 0.717) is 6.54 Å². The standard InChI is InChI=1S/C11H16BrNO2/c1-8(7-14)13-6-9-5-10(12)3-4-11(9)15-2/h3-5,8,13-14H,6-7H2,1-2H3/t8-/m0/s1. The number of benzene rings is 1. The maximum Gasteiger partial charge on any atom is 0.123 e. The van der Waals surface area contributed by atoms with Crippen LogP contribution in [0.5, 0.6) is 5.75 Å². The first kappa shape index (κ1) is 12.5. The third kappa shape index (κ3) is 3.81. The van der Waals surface area contributed by atoms with E-state index in [9.17, 15) is 0 Å². The minimum absolute atomic E-state index is 0.0914. The van der Waals surface area contributed by atoms with Gasteiger partial charge in [-0.15, -0.1) is 0 Å². The van der Waals surface area contributed by atoms with Gasteiger partial charge in [0.15, 0.2) is 0 Å². The first-order valence-electron chi connectivity index (χ1n) is 4.84. The van der Waals surface area contributed by atoms with E-state index in [1.807, 2.05) is 25.1 Å². The lowest BCUT2D eigenvalue weighted by atomic mass is 10.2. The lowest BCUT2D eigenvalue weighted by molar-refractivity contribution is 0.250. The Labute approximate surface area is 98.6 Å². The van der Waals surface area contributed by atoms with E-state index < -0.39 is 0 Å². The molecule has 0 bridgehead atoms. The van der Waals surface area contributed by atoms with E-state index in [4.69, 9.17) is 9.84 Å². The molecule has 15 heavy (non-hydrogen) atoms. The number of rotatable bonds is 5. The van der Waals surface area contributed by atoms with Gasteiger partial charge in [0.1, 0.15) is 5.75 Å². The van der Waals surface area contributed by atoms with Crippen LogP contribution in [-0.2, 0) is 6.54 Å². The van der Waals surface area contributed by atoms with Gasteiger partial charge in [-0.25, -0.2) is 0 Å². The molecule has 0 aliphatic rings. The normalized spacial score (nSPS) is 12.5. The van der Waals surface area contributed by atoms with Crippen molar-refractivity contribution in [3.8, 4) is 5.75 Å². The van der Waals surface area contributed by atoms with Crippen molar-refractivity contribution in [3.63, 3.8) is 0 Å². The molecule has 0 saturated heterocycles. The molecule has 0 aliphatic heterocycles. The second-order valence-electron chi connectivity index (χ2n) is 3.42. The molecule has 3 nitrogen and oxygen atoms in total. The van der Waals surface area contributed by atoms with E-state index in [1.54, 1.807) is 7.11 Å². The number of ether oxygens (including phenoxy) is 1. The molecule has 0 spiro atoms. The molecule has 0 fully saturated rings. The maximum absolute atomic E-state index is 8.89. The van der Waals surface area contributed by atoms with Crippen molar-refractivity contribution < 1.29 is 9.84 Å². The highest BCUT2D eigenvalue weighted by Crippen LogP contribution is 2.22. The largest absolute Gasteiger partial charge is 0.496 e. The summed E-state index contributed by atoms with van der Waals surface area (Å²) in [5.74, 6) is 0.857. The summed E-state index contributed by atoms with van der Waals surface area (Å²) in [4.78, 5) is 0. The van der Waals surface area contributed by atoms with Gasteiger partial charge in [0.05, 0.1) is 13.7 Å². The molecule has 0 unspecified atom stereocenters. The fourth-order valence-corrected chi connectivity index (χ4v) is 1.64. The number of hydrogen-bond acceptors (Lipinski definition) is 3. The molecule has 1 rings (SSSR count). The lowest BCUT2D eigenvalue weighted by Crippen LogP contribution is -2.28. The first-order valence-corrected chi connectivity index (χ1v) is 5.63. The van der Waals surface area contributed by atoms with Gasteiger partial charge in [-0.1, -0.05) is 15.9 Å². The summed E-state index contributed by atoms with van der Waals surface area (Å²) in [6, 6.07) is 5.96. The molecule has 0 aliphatic carbocycles. The van der Waals surface area contributed by atoms with Crippen LogP contribution >= 0.6 is 15.9 Å². The van der Waals surface area contributed by atoms with E-state index in [-0.39, 0.29) is 12.6 Å². The van der Waals surface area contributed by atoms with Crippen molar-refractivity contribution in [2.24, 2.45) is 0 Å². The van der Waals surface area contributed by atoms with Crippen LogP contribution in [-0.4, -0.2) is 24.9 Å². The Hall–Kier alpha value is -0.580. The van der Waals surface area contributed by atoms with Crippen molar-refractivity contribution >= 4 is 15.9 Å². The molecule has 0 saturated carbocycles. The summed E-state index contributed by atoms with van der Waals surface area (Å²) < 4.78 is 6.27. The summed E-state index contributed by atoms with van der Waals surface area (Å²) in [6.07, 6.45) is 0. The van der Waals surface area contributed by atoms with Gasteiger partial charge in [-0.3, -0.25) is 0 Å². The molecule has 1 atom stereocenters. The fourth-order valence-electron chi connectivity index (χ4n) is 1.23. The SMILES string of the molecule is COc1ccc(Br)cc1CN[C@@H](C)CO. The van der Waals surface area contributed by atoms with Crippen LogP contribution in [0.2, 0.25) is 0 Å². The Morgan fingerprint density at radius 1 is 1.53 bits per heavy atom. The second kappa shape index (κ2) is 6.10. The molecule has 0 heterocycles. The molecule has 84 valence electrons. The van der Waals surface area contributed by atoms with Gasteiger partial charge >= 0.3 is 0 Å². The third-order valence-corrected chi connectivity index (χ3v) is 2.65. The molecular weight excluding hydrogens is 258 g/mol. The minimum Gasteiger partial charge on any atom is -0.496 e. The van der Waals surface area contributed by atoms with Crippen LogP contribution in [0.25, 0.3) is 0 Å². The molecule has 1 aromatic carbocycles. The first-order chi connectivity index (χ1) is 7.17. The van der Waals surface area contributed by atoms with Crippen LogP contribution < -0.4 is 10.1 Å². The zero-order chi connectivity index (χ0) is 11.3. The smallest absolute Gasteiger partial charge is 0.123 e. The maximum atomic E-state index is 8.89. The van der Waals surface area contributed by atoms with Gasteiger partial charge < -0.3 is 15.2 Å². The number of aliphatic hydroxyl groups is 1. The van der Waals surface area contributed by atoms with Crippen LogP contribution in [0.4, 0.5) is 0 Å². The van der Waals surface area contributed by atoms with Gasteiger partial charge in [-0.2, -0.15) is 0 Å². The number of halogens is 1. The van der Waals surface area contributed by atoms with Crippen LogP contribution in [0.15, 0.2) is 22.7 Å². The third-order valence-electron chi connectivity index (χ3n) is 2.16. The number of nitrogens with one attached hydrogen (secondary N) is 1. The highest BCUT2D eigenvalue weighted by Gasteiger charge is 2.05. The predicted molar refractivity (Wildman–Crippen MR) is 64.1 cm³/mol. The van der Waals surface area contributed by atoms with E-state index in [2.05, 4.69) is 21.2 Å². The quantitative estimate of drug-likeness (QED) is 0.862. The topological polar surface area (TPSA) is 41.5 Å². The molecule has 0 amide bonds. The number of methoxy groups -OCH3 is 1. The van der Waals surface area contributed by atoms with Crippen LogP contribution in [0.1, 0.15) is 12.5 Å². The van der Waals surface area contributed by atoms with Gasteiger partial charge in [0.25, 0.3) is 0 Å². The molecular formula is C11H16BrNO2. The van der Waals surface area contributed by atoms with E-state index >= 15 is 0 Å². The molecule has 2 N–H and O–H groups in total. The van der Waals surface area contributed by atoms with Crippen LogP contribution in [0.3, 0.4) is 0 Å². The summed E-state index contributed by atoms with van der Waals surface area (Å²) in [5.41, 5.74) is 1.08. The number of hydrogen-bond donors (Lipinski definition) is 2. The summed E-state index contributed by atoms with van der Waals surface area (Å²) >= 11 is 3.42.